The number of hydrogen-bond acceptors (Lipinski definition) is 2. The molecule has 1 aromatic carbocycles. The van der Waals surface area contributed by atoms with Gasteiger partial charge < -0.3 is 0 Å². The Hall–Kier alpha value is -1.80. The first-order valence-corrected chi connectivity index (χ1v) is 15.6. The summed E-state index contributed by atoms with van der Waals surface area (Å²) in [7, 11) is 0. The zero-order valence-corrected chi connectivity index (χ0v) is 23.5. The number of rotatable bonds is 14. The lowest BCUT2D eigenvalue weighted by Gasteiger charge is -2.29. The van der Waals surface area contributed by atoms with Crippen LogP contribution in [0.4, 0.5) is 0 Å². The highest BCUT2D eigenvalue weighted by molar-refractivity contribution is 5.54. The zero-order chi connectivity index (χ0) is 25.6. The third-order valence-corrected chi connectivity index (χ3v) is 9.61. The second kappa shape index (κ2) is 16.1. The molecule has 0 spiro atoms. The molecule has 0 atom stereocenters. The summed E-state index contributed by atoms with van der Waals surface area (Å²) < 4.78 is 0. The minimum absolute atomic E-state index is 0.669. The summed E-state index contributed by atoms with van der Waals surface area (Å²) in [5.74, 6) is 3.48. The minimum Gasteiger partial charge on any atom is -0.192 e. The van der Waals surface area contributed by atoms with Gasteiger partial charge in [0.05, 0.1) is 11.1 Å². The summed E-state index contributed by atoms with van der Waals surface area (Å²) in [5, 5.41) is 19.9. The first kappa shape index (κ1) is 28.8. The highest BCUT2D eigenvalue weighted by Gasteiger charge is 2.23. The molecule has 0 aromatic heterocycles. The van der Waals surface area contributed by atoms with Crippen molar-refractivity contribution in [1.82, 2.24) is 0 Å². The Balaban J connectivity index is 1.47. The first-order chi connectivity index (χ1) is 17.7. The molecule has 0 heterocycles. The fourth-order valence-electron chi connectivity index (χ4n) is 7.06. The normalized spacial score (nSPS) is 24.2. The van der Waals surface area contributed by atoms with Crippen LogP contribution in [0.2, 0.25) is 0 Å². The molecule has 2 fully saturated rings. The van der Waals surface area contributed by atoms with Crippen LogP contribution in [0.5, 0.6) is 0 Å². The average molecular weight is 489 g/mol. The zero-order valence-electron chi connectivity index (χ0n) is 23.5. The van der Waals surface area contributed by atoms with Gasteiger partial charge in [-0.3, -0.25) is 0 Å². The number of aryl methyl sites for hydroxylation is 2. The maximum Gasteiger partial charge on any atom is 0.101 e. The van der Waals surface area contributed by atoms with Crippen LogP contribution in [0.15, 0.2) is 12.1 Å². The van der Waals surface area contributed by atoms with Crippen LogP contribution in [0.1, 0.15) is 152 Å². The van der Waals surface area contributed by atoms with E-state index >= 15 is 0 Å². The molecule has 0 amide bonds. The third-order valence-electron chi connectivity index (χ3n) is 9.61. The van der Waals surface area contributed by atoms with E-state index in [1.54, 1.807) is 0 Å². The van der Waals surface area contributed by atoms with Crippen molar-refractivity contribution in [3.63, 3.8) is 0 Å². The van der Waals surface area contributed by atoms with E-state index in [0.717, 1.165) is 47.6 Å². The first-order valence-electron chi connectivity index (χ1n) is 15.6. The topological polar surface area (TPSA) is 47.6 Å². The van der Waals surface area contributed by atoms with Gasteiger partial charge in [0.25, 0.3) is 0 Å². The molecule has 36 heavy (non-hydrogen) atoms. The Kier molecular flexibility index (Phi) is 12.9. The van der Waals surface area contributed by atoms with E-state index in [0.29, 0.717) is 11.1 Å². The van der Waals surface area contributed by atoms with Crippen LogP contribution in [-0.4, -0.2) is 0 Å². The van der Waals surface area contributed by atoms with Crippen LogP contribution < -0.4 is 0 Å². The fourth-order valence-corrected chi connectivity index (χ4v) is 7.06. The van der Waals surface area contributed by atoms with Crippen LogP contribution in [0, 0.1) is 46.3 Å². The maximum absolute atomic E-state index is 9.96. The SMILES string of the molecule is CCCCCC1CCC(CCc2ccc(CCC3CCC(CCCCC)CC3)c(C#N)c2C#N)CC1. The van der Waals surface area contributed by atoms with Gasteiger partial charge in [-0.05, 0) is 60.5 Å². The Labute approximate surface area is 222 Å². The van der Waals surface area contributed by atoms with Gasteiger partial charge >= 0.3 is 0 Å². The van der Waals surface area contributed by atoms with Crippen molar-refractivity contribution in [2.45, 2.75) is 142 Å². The fraction of sp³-hybridized carbons (Fsp3) is 0.765. The Morgan fingerprint density at radius 1 is 0.556 bits per heavy atom. The van der Waals surface area contributed by atoms with E-state index in [9.17, 15) is 10.5 Å². The maximum atomic E-state index is 9.96. The lowest BCUT2D eigenvalue weighted by Crippen LogP contribution is -2.16. The molecule has 198 valence electrons. The lowest BCUT2D eigenvalue weighted by molar-refractivity contribution is 0.249. The van der Waals surface area contributed by atoms with Gasteiger partial charge in [-0.1, -0.05) is 129 Å². The summed E-state index contributed by atoms with van der Waals surface area (Å²) >= 11 is 0. The smallest absolute Gasteiger partial charge is 0.101 e. The van der Waals surface area contributed by atoms with Gasteiger partial charge in [0.2, 0.25) is 0 Å². The average Bonchev–Trinajstić information content (AvgIpc) is 2.92. The summed E-state index contributed by atoms with van der Waals surface area (Å²) in [6, 6.07) is 9.20. The number of unbranched alkanes of at least 4 members (excludes halogenated alkanes) is 4. The standard InChI is InChI=1S/C34H52N2/c1-3-5-7-9-27-11-15-29(16-12-27)19-21-31-23-24-32(34(26-36)33(31)25-35)22-20-30-17-13-28(14-18-30)10-8-6-4-2/h23-24,27-30H,3-22H2,1-2H3. The van der Waals surface area contributed by atoms with E-state index in [1.165, 1.54) is 116 Å². The Morgan fingerprint density at radius 2 is 0.889 bits per heavy atom. The van der Waals surface area contributed by atoms with E-state index in [4.69, 9.17) is 0 Å². The number of nitriles is 2. The second-order valence-corrected chi connectivity index (χ2v) is 12.2. The largest absolute Gasteiger partial charge is 0.192 e. The van der Waals surface area contributed by atoms with E-state index in [-0.39, 0.29) is 0 Å². The molecule has 1 aromatic rings. The molecule has 2 aliphatic rings. The van der Waals surface area contributed by atoms with Crippen molar-refractivity contribution in [2.75, 3.05) is 0 Å². The van der Waals surface area contributed by atoms with Crippen molar-refractivity contribution in [3.05, 3.63) is 34.4 Å². The minimum atomic E-state index is 0.669. The van der Waals surface area contributed by atoms with E-state index < -0.39 is 0 Å². The number of benzene rings is 1. The molecule has 0 N–H and O–H groups in total. The number of hydrogen-bond donors (Lipinski definition) is 0. The lowest BCUT2D eigenvalue weighted by atomic mass is 9.77. The summed E-state index contributed by atoms with van der Waals surface area (Å²) in [6.45, 7) is 4.58. The van der Waals surface area contributed by atoms with Gasteiger partial charge in [0, 0.05) is 0 Å². The van der Waals surface area contributed by atoms with Crippen molar-refractivity contribution in [3.8, 4) is 12.1 Å². The molecule has 0 aliphatic heterocycles. The molecule has 2 saturated carbocycles. The summed E-state index contributed by atoms with van der Waals surface area (Å²) in [5.41, 5.74) is 3.55. The third kappa shape index (κ3) is 8.94. The van der Waals surface area contributed by atoms with Gasteiger partial charge in [-0.15, -0.1) is 0 Å². The highest BCUT2D eigenvalue weighted by Crippen LogP contribution is 2.36. The van der Waals surface area contributed by atoms with Crippen LogP contribution >= 0.6 is 0 Å². The Bertz CT molecular complexity index is 770. The van der Waals surface area contributed by atoms with Crippen molar-refractivity contribution in [2.24, 2.45) is 23.7 Å². The van der Waals surface area contributed by atoms with E-state index in [1.807, 2.05) is 0 Å². The molecule has 0 bridgehead atoms. The van der Waals surface area contributed by atoms with Crippen molar-refractivity contribution >= 4 is 0 Å². The van der Waals surface area contributed by atoms with Gasteiger partial charge in [0.15, 0.2) is 0 Å². The predicted molar refractivity (Wildman–Crippen MR) is 152 cm³/mol. The van der Waals surface area contributed by atoms with Crippen molar-refractivity contribution < 1.29 is 0 Å². The number of nitrogens with zero attached hydrogens (tertiary/aromatic N) is 2. The predicted octanol–water partition coefficient (Wildman–Crippen LogP) is 10.1. The van der Waals surface area contributed by atoms with Gasteiger partial charge in [0.1, 0.15) is 12.1 Å². The van der Waals surface area contributed by atoms with Gasteiger partial charge in [-0.25, -0.2) is 0 Å². The monoisotopic (exact) mass is 488 g/mol. The van der Waals surface area contributed by atoms with Crippen molar-refractivity contribution in [1.29, 1.82) is 10.5 Å². The molecular weight excluding hydrogens is 436 g/mol. The molecule has 3 rings (SSSR count). The van der Waals surface area contributed by atoms with Crippen LogP contribution in [0.3, 0.4) is 0 Å². The highest BCUT2D eigenvalue weighted by atomic mass is 14.3. The molecule has 0 radical (unpaired) electrons. The van der Waals surface area contributed by atoms with Crippen LogP contribution in [-0.2, 0) is 12.8 Å². The summed E-state index contributed by atoms with van der Waals surface area (Å²) in [6.07, 6.45) is 26.3. The van der Waals surface area contributed by atoms with Gasteiger partial charge in [-0.2, -0.15) is 10.5 Å². The molecule has 0 saturated heterocycles. The molecular formula is C34H52N2. The Morgan fingerprint density at radius 3 is 1.19 bits per heavy atom. The second-order valence-electron chi connectivity index (χ2n) is 12.2. The van der Waals surface area contributed by atoms with Crippen LogP contribution in [0.25, 0.3) is 0 Å². The summed E-state index contributed by atoms with van der Waals surface area (Å²) in [4.78, 5) is 0. The quantitative estimate of drug-likeness (QED) is 0.244. The molecule has 2 aliphatic carbocycles. The molecule has 2 nitrogen and oxygen atoms in total. The van der Waals surface area contributed by atoms with E-state index in [2.05, 4.69) is 38.1 Å². The molecule has 2 heteroatoms. The molecule has 0 unspecified atom stereocenters.